The second kappa shape index (κ2) is 7.32. The van der Waals surface area contributed by atoms with Crippen LogP contribution in [0.2, 0.25) is 0 Å². The average molecular weight is 321 g/mol. The van der Waals surface area contributed by atoms with Crippen LogP contribution < -0.4 is 16.0 Å². The number of nitrogens with one attached hydrogen (secondary N) is 1. The summed E-state index contributed by atoms with van der Waals surface area (Å²) in [5.41, 5.74) is 5.68. The van der Waals surface area contributed by atoms with Crippen LogP contribution in [-0.2, 0) is 4.74 Å². The van der Waals surface area contributed by atoms with Gasteiger partial charge in [0.05, 0.1) is 13.2 Å². The topological polar surface area (TPSA) is 112 Å². The number of ether oxygens (including phenoxy) is 1. The smallest absolute Gasteiger partial charge is 0.233 e. The van der Waals surface area contributed by atoms with E-state index in [0.717, 1.165) is 57.3 Å². The number of guanidine groups is 1. The molecule has 126 valence electrons. The highest BCUT2D eigenvalue weighted by Crippen LogP contribution is 2.18. The van der Waals surface area contributed by atoms with Gasteiger partial charge in [0.25, 0.3) is 0 Å². The number of likely N-dealkylation sites (tertiary alicyclic amines) is 1. The van der Waals surface area contributed by atoms with Crippen molar-refractivity contribution in [2.45, 2.75) is 18.9 Å². The Morgan fingerprint density at radius 2 is 2.17 bits per heavy atom. The number of piperidine rings is 1. The van der Waals surface area contributed by atoms with E-state index in [2.05, 4.69) is 25.3 Å². The van der Waals surface area contributed by atoms with Gasteiger partial charge < -0.3 is 30.8 Å². The Morgan fingerprint density at radius 3 is 2.96 bits per heavy atom. The number of nitrogens with two attached hydrogens (primary N) is 1. The zero-order valence-corrected chi connectivity index (χ0v) is 13.1. The van der Waals surface area contributed by atoms with Gasteiger partial charge in [0, 0.05) is 38.3 Å². The Kier molecular flexibility index (Phi) is 4.96. The number of morpholine rings is 1. The predicted molar refractivity (Wildman–Crippen MR) is 86.7 cm³/mol. The minimum atomic E-state index is 0.160. The standard InChI is InChI=1S/C14H23N7O2/c15-14(19-22)21-3-1-2-11(9-21)18-12-8-13(17-10-16-12)20-4-6-23-7-5-20/h8,10-11,22H,1-7,9H2,(H2,15,19)(H,16,17,18)/t11-/m1/s1. The summed E-state index contributed by atoms with van der Waals surface area (Å²) in [4.78, 5) is 12.7. The maximum absolute atomic E-state index is 8.81. The van der Waals surface area contributed by atoms with Crippen LogP contribution in [0, 0.1) is 0 Å². The molecule has 3 rings (SSSR count). The molecule has 2 fully saturated rings. The lowest BCUT2D eigenvalue weighted by Gasteiger charge is -2.33. The van der Waals surface area contributed by atoms with E-state index in [4.69, 9.17) is 15.7 Å². The third-order valence-electron chi connectivity index (χ3n) is 4.19. The van der Waals surface area contributed by atoms with E-state index in [9.17, 15) is 0 Å². The Morgan fingerprint density at radius 1 is 1.35 bits per heavy atom. The summed E-state index contributed by atoms with van der Waals surface area (Å²) < 4.78 is 5.37. The lowest BCUT2D eigenvalue weighted by Crippen LogP contribution is -2.48. The molecule has 2 aliphatic heterocycles. The van der Waals surface area contributed by atoms with Gasteiger partial charge in [-0.05, 0) is 12.8 Å². The predicted octanol–water partition coefficient (Wildman–Crippen LogP) is -0.107. The molecule has 3 heterocycles. The first-order chi connectivity index (χ1) is 11.3. The summed E-state index contributed by atoms with van der Waals surface area (Å²) in [6.45, 7) is 4.63. The number of anilines is 2. The normalized spacial score (nSPS) is 23.0. The lowest BCUT2D eigenvalue weighted by atomic mass is 10.1. The van der Waals surface area contributed by atoms with Crippen LogP contribution >= 0.6 is 0 Å². The van der Waals surface area contributed by atoms with Gasteiger partial charge in [-0.2, -0.15) is 0 Å². The van der Waals surface area contributed by atoms with E-state index in [1.165, 1.54) is 0 Å². The summed E-state index contributed by atoms with van der Waals surface area (Å²) in [5, 5.41) is 15.3. The quantitative estimate of drug-likeness (QED) is 0.306. The van der Waals surface area contributed by atoms with Crippen LogP contribution in [0.1, 0.15) is 12.8 Å². The molecule has 0 aliphatic carbocycles. The fourth-order valence-electron chi connectivity index (χ4n) is 2.97. The van der Waals surface area contributed by atoms with Crippen LogP contribution in [0.3, 0.4) is 0 Å². The first-order valence-electron chi connectivity index (χ1n) is 7.90. The van der Waals surface area contributed by atoms with E-state index in [0.29, 0.717) is 6.54 Å². The summed E-state index contributed by atoms with van der Waals surface area (Å²) in [7, 11) is 0. The van der Waals surface area contributed by atoms with Crippen LogP contribution in [0.5, 0.6) is 0 Å². The average Bonchev–Trinajstić information content (AvgIpc) is 2.62. The molecule has 2 aliphatic rings. The highest BCUT2D eigenvalue weighted by atomic mass is 16.5. The number of rotatable bonds is 3. The molecule has 9 nitrogen and oxygen atoms in total. The van der Waals surface area contributed by atoms with Gasteiger partial charge in [0.15, 0.2) is 0 Å². The number of aromatic nitrogens is 2. The first-order valence-corrected chi connectivity index (χ1v) is 7.90. The molecule has 0 spiro atoms. The molecular weight excluding hydrogens is 298 g/mol. The van der Waals surface area contributed by atoms with Gasteiger partial charge in [-0.15, -0.1) is 0 Å². The molecule has 0 bridgehead atoms. The van der Waals surface area contributed by atoms with E-state index in [1.54, 1.807) is 6.33 Å². The minimum absolute atomic E-state index is 0.160. The Balaban J connectivity index is 1.63. The largest absolute Gasteiger partial charge is 0.408 e. The molecule has 23 heavy (non-hydrogen) atoms. The number of hydrogen-bond donors (Lipinski definition) is 3. The van der Waals surface area contributed by atoms with Crippen molar-refractivity contribution in [3.63, 3.8) is 0 Å². The third-order valence-corrected chi connectivity index (χ3v) is 4.19. The van der Waals surface area contributed by atoms with E-state index >= 15 is 0 Å². The second-order valence-electron chi connectivity index (χ2n) is 5.75. The van der Waals surface area contributed by atoms with Gasteiger partial charge in [-0.1, -0.05) is 5.16 Å². The zero-order chi connectivity index (χ0) is 16.1. The molecule has 0 unspecified atom stereocenters. The van der Waals surface area contributed by atoms with Crippen molar-refractivity contribution in [2.75, 3.05) is 49.6 Å². The van der Waals surface area contributed by atoms with E-state index < -0.39 is 0 Å². The highest BCUT2D eigenvalue weighted by molar-refractivity contribution is 5.77. The SMILES string of the molecule is NC(=NO)N1CCC[C@@H](Nc2cc(N3CCOCC3)ncn2)C1. The molecule has 0 aromatic carbocycles. The van der Waals surface area contributed by atoms with Gasteiger partial charge in [0.1, 0.15) is 18.0 Å². The summed E-state index contributed by atoms with van der Waals surface area (Å²) >= 11 is 0. The van der Waals surface area contributed by atoms with Crippen molar-refractivity contribution in [1.29, 1.82) is 0 Å². The third kappa shape index (κ3) is 3.92. The van der Waals surface area contributed by atoms with Crippen molar-refractivity contribution in [2.24, 2.45) is 10.9 Å². The van der Waals surface area contributed by atoms with Crippen molar-refractivity contribution < 1.29 is 9.94 Å². The van der Waals surface area contributed by atoms with Crippen LogP contribution in [0.25, 0.3) is 0 Å². The molecule has 2 saturated heterocycles. The fourth-order valence-corrected chi connectivity index (χ4v) is 2.97. The molecule has 0 amide bonds. The minimum Gasteiger partial charge on any atom is -0.408 e. The molecular formula is C14H23N7O2. The summed E-state index contributed by atoms with van der Waals surface area (Å²) in [5.74, 6) is 1.87. The first kappa shape index (κ1) is 15.6. The van der Waals surface area contributed by atoms with Gasteiger partial charge >= 0.3 is 0 Å². The fraction of sp³-hybridized carbons (Fsp3) is 0.643. The maximum Gasteiger partial charge on any atom is 0.233 e. The molecule has 1 atom stereocenters. The van der Waals surface area contributed by atoms with Gasteiger partial charge in [-0.25, -0.2) is 9.97 Å². The molecule has 1 aromatic heterocycles. The molecule has 1 aromatic rings. The monoisotopic (exact) mass is 321 g/mol. The van der Waals surface area contributed by atoms with Gasteiger partial charge in [0.2, 0.25) is 5.96 Å². The lowest BCUT2D eigenvalue weighted by molar-refractivity contribution is 0.122. The van der Waals surface area contributed by atoms with Crippen LogP contribution in [-0.4, -0.2) is 71.5 Å². The van der Waals surface area contributed by atoms with Crippen molar-refractivity contribution >= 4 is 17.6 Å². The summed E-state index contributed by atoms with van der Waals surface area (Å²) in [6.07, 6.45) is 3.58. The maximum atomic E-state index is 8.81. The van der Waals surface area contributed by atoms with Crippen molar-refractivity contribution in [3.8, 4) is 0 Å². The molecule has 4 N–H and O–H groups in total. The zero-order valence-electron chi connectivity index (χ0n) is 13.1. The van der Waals surface area contributed by atoms with Crippen molar-refractivity contribution in [3.05, 3.63) is 12.4 Å². The van der Waals surface area contributed by atoms with Crippen LogP contribution in [0.15, 0.2) is 17.5 Å². The Labute approximate surface area is 135 Å². The molecule has 0 saturated carbocycles. The highest BCUT2D eigenvalue weighted by Gasteiger charge is 2.22. The van der Waals surface area contributed by atoms with Gasteiger partial charge in [-0.3, -0.25) is 0 Å². The molecule has 0 radical (unpaired) electrons. The second-order valence-corrected chi connectivity index (χ2v) is 5.75. The van der Waals surface area contributed by atoms with E-state index in [-0.39, 0.29) is 12.0 Å². The molecule has 9 heteroatoms. The number of oxime groups is 1. The Bertz CT molecular complexity index is 548. The van der Waals surface area contributed by atoms with Crippen molar-refractivity contribution in [1.82, 2.24) is 14.9 Å². The Hall–Kier alpha value is -2.29. The van der Waals surface area contributed by atoms with Crippen LogP contribution in [0.4, 0.5) is 11.6 Å². The summed E-state index contributed by atoms with van der Waals surface area (Å²) in [6, 6.07) is 2.17. The van der Waals surface area contributed by atoms with E-state index in [1.807, 2.05) is 11.0 Å². The number of nitrogens with zero attached hydrogens (tertiary/aromatic N) is 5. The number of hydrogen-bond acceptors (Lipinski definition) is 7.